The van der Waals surface area contributed by atoms with Crippen LogP contribution < -0.4 is 5.73 Å². The van der Waals surface area contributed by atoms with Crippen LogP contribution in [0.3, 0.4) is 0 Å². The molecule has 0 bridgehead atoms. The number of hydrogen-bond acceptors (Lipinski definition) is 3. The van der Waals surface area contributed by atoms with Gasteiger partial charge in [-0.2, -0.15) is 0 Å². The maximum absolute atomic E-state index is 11.4. The molecule has 0 spiro atoms. The van der Waals surface area contributed by atoms with Crippen molar-refractivity contribution in [2.45, 2.75) is 6.61 Å². The molecule has 0 aromatic heterocycles. The van der Waals surface area contributed by atoms with Gasteiger partial charge >= 0.3 is 0 Å². The molecule has 2 aromatic rings. The number of rotatable bonds is 4. The Kier molecular flexibility index (Phi) is 4.02. The van der Waals surface area contributed by atoms with E-state index in [0.717, 1.165) is 16.7 Å². The van der Waals surface area contributed by atoms with Gasteiger partial charge in [-0.3, -0.25) is 4.79 Å². The first-order valence-corrected chi connectivity index (χ1v) is 5.84. The fraction of sp³-hybridized carbons (Fsp3) is 0.0714. The molecule has 0 heterocycles. The summed E-state index contributed by atoms with van der Waals surface area (Å²) in [5.74, 6) is -0.438. The molecule has 4 heteroatoms. The second kappa shape index (κ2) is 5.71. The summed E-state index contributed by atoms with van der Waals surface area (Å²) in [6.07, 6.45) is 0. The Labute approximate surface area is 111 Å². The molecule has 0 fully saturated rings. The minimum Gasteiger partial charge on any atom is -0.366 e. The molecule has 0 atom stereocenters. The molecule has 18 heavy (non-hydrogen) atoms. The number of primary amides is 1. The molecular formula is C14H13NO2S. The van der Waals surface area contributed by atoms with E-state index in [-0.39, 0.29) is 0 Å². The number of nitrogens with two attached hydrogens (primary N) is 1. The highest BCUT2D eigenvalue weighted by Crippen LogP contribution is 2.27. The Morgan fingerprint density at radius 1 is 1.06 bits per heavy atom. The third-order valence-electron chi connectivity index (χ3n) is 2.72. The quantitative estimate of drug-likeness (QED) is 0.655. The van der Waals surface area contributed by atoms with E-state index in [1.165, 1.54) is 0 Å². The van der Waals surface area contributed by atoms with Gasteiger partial charge in [0.05, 0.1) is 6.61 Å². The molecule has 2 N–H and O–H groups in total. The van der Waals surface area contributed by atoms with E-state index >= 15 is 0 Å². The number of carbonyl (C=O) groups is 1. The van der Waals surface area contributed by atoms with Gasteiger partial charge in [0.2, 0.25) is 5.91 Å². The summed E-state index contributed by atoms with van der Waals surface area (Å²) in [7, 11) is 0. The van der Waals surface area contributed by atoms with Gasteiger partial charge in [-0.1, -0.05) is 42.5 Å². The van der Waals surface area contributed by atoms with Crippen molar-refractivity contribution in [2.75, 3.05) is 0 Å². The molecule has 0 saturated carbocycles. The van der Waals surface area contributed by atoms with Gasteiger partial charge in [0.1, 0.15) is 0 Å². The van der Waals surface area contributed by atoms with E-state index in [0.29, 0.717) is 12.2 Å². The Bertz CT molecular complexity index is 569. The number of thiol groups is 1. The standard InChI is InChI=1S/C14H13NO2S/c15-14(16)13-8-4-3-7-12(13)11-6-2-1-5-10(11)9-17-18/h1-8,18H,9H2,(H2,15,16). The molecule has 3 nitrogen and oxygen atoms in total. The summed E-state index contributed by atoms with van der Waals surface area (Å²) in [6, 6.07) is 15.0. The predicted molar refractivity (Wildman–Crippen MR) is 74.2 cm³/mol. The first-order valence-electron chi connectivity index (χ1n) is 5.47. The molecule has 0 unspecified atom stereocenters. The molecule has 92 valence electrons. The van der Waals surface area contributed by atoms with Gasteiger partial charge < -0.3 is 9.92 Å². The van der Waals surface area contributed by atoms with Crippen LogP contribution in [-0.4, -0.2) is 5.91 Å². The maximum Gasteiger partial charge on any atom is 0.249 e. The molecule has 0 radical (unpaired) electrons. The SMILES string of the molecule is NC(=O)c1ccccc1-c1ccccc1COS. The third kappa shape index (κ3) is 2.55. The van der Waals surface area contributed by atoms with Crippen molar-refractivity contribution in [1.29, 1.82) is 0 Å². The lowest BCUT2D eigenvalue weighted by molar-refractivity contribution is 0.100. The van der Waals surface area contributed by atoms with Crippen LogP contribution in [0.4, 0.5) is 0 Å². The molecular weight excluding hydrogens is 246 g/mol. The highest BCUT2D eigenvalue weighted by molar-refractivity contribution is 7.75. The van der Waals surface area contributed by atoms with Crippen LogP contribution in [0.5, 0.6) is 0 Å². The van der Waals surface area contributed by atoms with Gasteiger partial charge in [0.15, 0.2) is 0 Å². The van der Waals surface area contributed by atoms with Gasteiger partial charge in [0, 0.05) is 5.56 Å². The third-order valence-corrected chi connectivity index (χ3v) is 2.85. The van der Waals surface area contributed by atoms with E-state index in [1.54, 1.807) is 12.1 Å². The molecule has 1 amide bonds. The zero-order valence-corrected chi connectivity index (χ0v) is 10.6. The number of hydrogen-bond donors (Lipinski definition) is 2. The number of amides is 1. The van der Waals surface area contributed by atoms with E-state index in [4.69, 9.17) is 9.92 Å². The number of carbonyl (C=O) groups excluding carboxylic acids is 1. The average molecular weight is 259 g/mol. The average Bonchev–Trinajstić information content (AvgIpc) is 2.40. The van der Waals surface area contributed by atoms with Crippen molar-refractivity contribution in [3.63, 3.8) is 0 Å². The van der Waals surface area contributed by atoms with E-state index in [1.807, 2.05) is 36.4 Å². The smallest absolute Gasteiger partial charge is 0.249 e. The van der Waals surface area contributed by atoms with Crippen molar-refractivity contribution in [3.8, 4) is 11.1 Å². The van der Waals surface area contributed by atoms with Crippen LogP contribution in [0.15, 0.2) is 48.5 Å². The van der Waals surface area contributed by atoms with Crippen LogP contribution in [0.25, 0.3) is 11.1 Å². The molecule has 0 aliphatic heterocycles. The van der Waals surface area contributed by atoms with Crippen molar-refractivity contribution in [2.24, 2.45) is 5.73 Å². The summed E-state index contributed by atoms with van der Waals surface area (Å²) >= 11 is 3.77. The Morgan fingerprint density at radius 3 is 2.33 bits per heavy atom. The van der Waals surface area contributed by atoms with Gasteiger partial charge in [-0.25, -0.2) is 0 Å². The molecule has 2 rings (SSSR count). The monoisotopic (exact) mass is 259 g/mol. The van der Waals surface area contributed by atoms with Crippen LogP contribution >= 0.6 is 12.9 Å². The second-order valence-corrected chi connectivity index (χ2v) is 4.10. The first-order chi connectivity index (χ1) is 8.74. The summed E-state index contributed by atoms with van der Waals surface area (Å²) in [4.78, 5) is 11.4. The molecule has 0 aliphatic rings. The first kappa shape index (κ1) is 12.7. The van der Waals surface area contributed by atoms with Crippen LogP contribution in [0, 0.1) is 0 Å². The van der Waals surface area contributed by atoms with Crippen molar-refractivity contribution >= 4 is 18.8 Å². The second-order valence-electron chi connectivity index (χ2n) is 3.84. The van der Waals surface area contributed by atoms with E-state index in [9.17, 15) is 4.79 Å². The molecule has 0 saturated heterocycles. The lowest BCUT2D eigenvalue weighted by Gasteiger charge is -2.11. The minimum atomic E-state index is -0.438. The fourth-order valence-corrected chi connectivity index (χ4v) is 2.05. The predicted octanol–water partition coefficient (Wildman–Crippen LogP) is 2.81. The zero-order chi connectivity index (χ0) is 13.0. The summed E-state index contributed by atoms with van der Waals surface area (Å²) in [6.45, 7) is 0.367. The Morgan fingerprint density at radius 2 is 1.67 bits per heavy atom. The zero-order valence-electron chi connectivity index (χ0n) is 9.67. The topological polar surface area (TPSA) is 52.3 Å². The largest absolute Gasteiger partial charge is 0.366 e. The highest BCUT2D eigenvalue weighted by atomic mass is 32.1. The van der Waals surface area contributed by atoms with Crippen molar-refractivity contribution in [1.82, 2.24) is 0 Å². The fourth-order valence-electron chi connectivity index (χ4n) is 1.91. The maximum atomic E-state index is 11.4. The van der Waals surface area contributed by atoms with E-state index in [2.05, 4.69) is 12.9 Å². The lowest BCUT2D eigenvalue weighted by atomic mass is 9.95. The highest BCUT2D eigenvalue weighted by Gasteiger charge is 2.11. The molecule has 0 aliphatic carbocycles. The number of benzene rings is 2. The van der Waals surface area contributed by atoms with Crippen molar-refractivity contribution in [3.05, 3.63) is 59.7 Å². The van der Waals surface area contributed by atoms with E-state index < -0.39 is 5.91 Å². The lowest BCUT2D eigenvalue weighted by Crippen LogP contribution is -2.12. The van der Waals surface area contributed by atoms with Crippen LogP contribution in [0.1, 0.15) is 15.9 Å². The van der Waals surface area contributed by atoms with Gasteiger partial charge in [-0.15, -0.1) is 0 Å². The van der Waals surface area contributed by atoms with Gasteiger partial charge in [0.25, 0.3) is 0 Å². The summed E-state index contributed by atoms with van der Waals surface area (Å²) < 4.78 is 4.87. The Balaban J connectivity index is 2.58. The minimum absolute atomic E-state index is 0.367. The summed E-state index contributed by atoms with van der Waals surface area (Å²) in [5.41, 5.74) is 8.60. The van der Waals surface area contributed by atoms with Gasteiger partial charge in [-0.05, 0) is 35.7 Å². The van der Waals surface area contributed by atoms with Crippen molar-refractivity contribution < 1.29 is 8.98 Å². The molecule has 2 aromatic carbocycles. The normalized spacial score (nSPS) is 10.3. The van der Waals surface area contributed by atoms with Crippen LogP contribution in [-0.2, 0) is 10.8 Å². The van der Waals surface area contributed by atoms with Crippen LogP contribution in [0.2, 0.25) is 0 Å². The summed E-state index contributed by atoms with van der Waals surface area (Å²) in [5, 5.41) is 0. The Hall–Kier alpha value is -1.78.